The van der Waals surface area contributed by atoms with Gasteiger partial charge in [-0.25, -0.2) is 4.79 Å². The molecule has 0 aliphatic heterocycles. The normalized spacial score (nSPS) is 10.9. The zero-order chi connectivity index (χ0) is 13.1. The molecule has 0 fully saturated rings. The molecular weight excluding hydrogens is 228 g/mol. The summed E-state index contributed by atoms with van der Waals surface area (Å²) in [6, 6.07) is 13.1. The molecule has 0 radical (unpaired) electrons. The van der Waals surface area contributed by atoms with Gasteiger partial charge in [-0.1, -0.05) is 30.3 Å². The summed E-state index contributed by atoms with van der Waals surface area (Å²) in [5.41, 5.74) is 3.75. The maximum absolute atomic E-state index is 10.4. The molecule has 2 aliphatic carbocycles. The molecule has 0 saturated carbocycles. The SMILES string of the molecule is Cc1ccc(C(=O)O)c(O)c1.c1cc2cc(c1)C2. The quantitative estimate of drug-likeness (QED) is 0.689. The lowest BCUT2D eigenvalue weighted by molar-refractivity contribution is 0.0694. The Morgan fingerprint density at radius 1 is 1.11 bits per heavy atom. The van der Waals surface area contributed by atoms with E-state index in [9.17, 15) is 4.79 Å². The van der Waals surface area contributed by atoms with E-state index in [-0.39, 0.29) is 11.3 Å². The molecule has 3 nitrogen and oxygen atoms in total. The van der Waals surface area contributed by atoms with Crippen LogP contribution in [0.5, 0.6) is 5.75 Å². The topological polar surface area (TPSA) is 57.5 Å². The van der Waals surface area contributed by atoms with E-state index in [4.69, 9.17) is 10.2 Å². The van der Waals surface area contributed by atoms with Gasteiger partial charge in [0.25, 0.3) is 0 Å². The van der Waals surface area contributed by atoms with Gasteiger partial charge in [-0.15, -0.1) is 0 Å². The third-order valence-corrected chi connectivity index (χ3v) is 2.78. The molecule has 2 aliphatic rings. The fourth-order valence-corrected chi connectivity index (χ4v) is 1.78. The van der Waals surface area contributed by atoms with E-state index in [1.54, 1.807) is 13.0 Å². The van der Waals surface area contributed by atoms with Crippen molar-refractivity contribution in [1.29, 1.82) is 0 Å². The number of hydrogen-bond acceptors (Lipinski definition) is 2. The number of hydrogen-bond donors (Lipinski definition) is 2. The van der Waals surface area contributed by atoms with E-state index in [1.807, 2.05) is 0 Å². The summed E-state index contributed by atoms with van der Waals surface area (Å²) in [7, 11) is 0. The molecule has 2 aromatic rings. The van der Waals surface area contributed by atoms with Crippen LogP contribution in [0.1, 0.15) is 27.0 Å². The van der Waals surface area contributed by atoms with Gasteiger partial charge in [0.2, 0.25) is 0 Å². The first-order valence-electron chi connectivity index (χ1n) is 5.67. The van der Waals surface area contributed by atoms with Crippen LogP contribution >= 0.6 is 0 Å². The lowest BCUT2D eigenvalue weighted by atomic mass is 9.94. The van der Waals surface area contributed by atoms with E-state index < -0.39 is 5.97 Å². The second-order valence-electron chi connectivity index (χ2n) is 4.32. The molecule has 3 heteroatoms. The van der Waals surface area contributed by atoms with Crippen LogP contribution in [0.2, 0.25) is 0 Å². The van der Waals surface area contributed by atoms with Gasteiger partial charge in [0.15, 0.2) is 0 Å². The van der Waals surface area contributed by atoms with Crippen LogP contribution in [0.15, 0.2) is 42.5 Å². The monoisotopic (exact) mass is 242 g/mol. The number of carbonyl (C=O) groups is 1. The van der Waals surface area contributed by atoms with Gasteiger partial charge < -0.3 is 10.2 Å². The van der Waals surface area contributed by atoms with Crippen LogP contribution < -0.4 is 0 Å². The molecule has 0 heterocycles. The van der Waals surface area contributed by atoms with E-state index in [0.717, 1.165) is 5.56 Å². The Bertz CT molecular complexity index is 563. The van der Waals surface area contributed by atoms with Gasteiger partial charge >= 0.3 is 5.97 Å². The Morgan fingerprint density at radius 2 is 1.72 bits per heavy atom. The standard InChI is InChI=1S/C8H8O3.C7H6/c1-5-2-3-6(8(10)11)7(9)4-5;1-2-6-4-7(3-1)5-6/h2-4,9H,1H3,(H,10,11);1-4H,5H2. The van der Waals surface area contributed by atoms with Crippen LogP contribution in [0.25, 0.3) is 0 Å². The van der Waals surface area contributed by atoms with Gasteiger partial charge in [0, 0.05) is 0 Å². The molecule has 2 aromatic carbocycles. The number of aromatic hydroxyl groups is 1. The molecule has 0 amide bonds. The maximum atomic E-state index is 10.4. The molecule has 18 heavy (non-hydrogen) atoms. The second kappa shape index (κ2) is 4.92. The number of rotatable bonds is 1. The Labute approximate surface area is 105 Å². The van der Waals surface area contributed by atoms with Crippen molar-refractivity contribution < 1.29 is 15.0 Å². The van der Waals surface area contributed by atoms with Crippen molar-refractivity contribution in [2.24, 2.45) is 0 Å². The van der Waals surface area contributed by atoms with Crippen LogP contribution in [-0.2, 0) is 6.42 Å². The minimum absolute atomic E-state index is 0.0596. The third-order valence-electron chi connectivity index (χ3n) is 2.78. The summed E-state index contributed by atoms with van der Waals surface area (Å²) in [5, 5.41) is 17.6. The minimum Gasteiger partial charge on any atom is -0.507 e. The van der Waals surface area contributed by atoms with Gasteiger partial charge in [0.1, 0.15) is 11.3 Å². The predicted molar refractivity (Wildman–Crippen MR) is 69.1 cm³/mol. The van der Waals surface area contributed by atoms with Crippen molar-refractivity contribution in [3.8, 4) is 5.75 Å². The zero-order valence-corrected chi connectivity index (χ0v) is 10.1. The van der Waals surface area contributed by atoms with Crippen LogP contribution in [0, 0.1) is 6.92 Å². The molecule has 0 saturated heterocycles. The third kappa shape index (κ3) is 2.69. The number of benzene rings is 2. The number of fused-ring (bicyclic) bond motifs is 2. The van der Waals surface area contributed by atoms with Crippen molar-refractivity contribution in [2.45, 2.75) is 13.3 Å². The molecule has 0 aromatic heterocycles. The predicted octanol–water partition coefficient (Wildman–Crippen LogP) is 2.99. The van der Waals surface area contributed by atoms with E-state index in [1.165, 1.54) is 29.7 Å². The highest BCUT2D eigenvalue weighted by Gasteiger charge is 2.07. The average Bonchev–Trinajstić information content (AvgIpc) is 2.29. The van der Waals surface area contributed by atoms with Gasteiger partial charge in [-0.05, 0) is 42.2 Å². The first kappa shape index (κ1) is 12.2. The smallest absolute Gasteiger partial charge is 0.339 e. The zero-order valence-electron chi connectivity index (χ0n) is 10.1. The highest BCUT2D eigenvalue weighted by Crippen LogP contribution is 2.19. The highest BCUT2D eigenvalue weighted by atomic mass is 16.4. The molecule has 92 valence electrons. The van der Waals surface area contributed by atoms with Crippen LogP contribution in [-0.4, -0.2) is 16.2 Å². The van der Waals surface area contributed by atoms with E-state index >= 15 is 0 Å². The maximum Gasteiger partial charge on any atom is 0.339 e. The Hall–Kier alpha value is -2.29. The average molecular weight is 242 g/mol. The molecule has 0 unspecified atom stereocenters. The summed E-state index contributed by atoms with van der Waals surface area (Å²) in [6.07, 6.45) is 1.22. The van der Waals surface area contributed by atoms with Crippen LogP contribution in [0.3, 0.4) is 0 Å². The molecule has 2 bridgehead atoms. The summed E-state index contributed by atoms with van der Waals surface area (Å²) in [5.74, 6) is -1.29. The second-order valence-corrected chi connectivity index (χ2v) is 4.32. The molecule has 2 N–H and O–H groups in total. The fourth-order valence-electron chi connectivity index (χ4n) is 1.78. The molecule has 0 spiro atoms. The van der Waals surface area contributed by atoms with E-state index in [0.29, 0.717) is 0 Å². The number of aromatic carboxylic acids is 1. The molecular formula is C15H14O3. The summed E-state index contributed by atoms with van der Waals surface area (Å²) >= 11 is 0. The van der Waals surface area contributed by atoms with Crippen molar-refractivity contribution in [3.63, 3.8) is 0 Å². The van der Waals surface area contributed by atoms with Gasteiger partial charge in [-0.3, -0.25) is 0 Å². The van der Waals surface area contributed by atoms with Crippen molar-refractivity contribution in [1.82, 2.24) is 0 Å². The summed E-state index contributed by atoms with van der Waals surface area (Å²) < 4.78 is 0. The molecule has 0 atom stereocenters. The highest BCUT2D eigenvalue weighted by molar-refractivity contribution is 5.90. The number of aryl methyl sites for hydroxylation is 1. The Morgan fingerprint density at radius 3 is 2.06 bits per heavy atom. The summed E-state index contributed by atoms with van der Waals surface area (Å²) in [6.45, 7) is 1.78. The fraction of sp³-hybridized carbons (Fsp3) is 0.133. The largest absolute Gasteiger partial charge is 0.507 e. The minimum atomic E-state index is -1.11. The van der Waals surface area contributed by atoms with Crippen LogP contribution in [0.4, 0.5) is 0 Å². The first-order valence-corrected chi connectivity index (χ1v) is 5.67. The van der Waals surface area contributed by atoms with Gasteiger partial charge in [0.05, 0.1) is 0 Å². The number of carboxylic acids is 1. The first-order chi connectivity index (χ1) is 8.56. The summed E-state index contributed by atoms with van der Waals surface area (Å²) in [4.78, 5) is 10.4. The van der Waals surface area contributed by atoms with Crippen molar-refractivity contribution >= 4 is 5.97 Å². The Kier molecular flexibility index (Phi) is 3.33. The van der Waals surface area contributed by atoms with E-state index in [2.05, 4.69) is 24.3 Å². The molecule has 4 rings (SSSR count). The van der Waals surface area contributed by atoms with Gasteiger partial charge in [-0.2, -0.15) is 0 Å². The lowest BCUT2D eigenvalue weighted by Gasteiger charge is -2.11. The van der Waals surface area contributed by atoms with Crippen molar-refractivity contribution in [2.75, 3.05) is 0 Å². The number of carboxylic acid groups (broad SMARTS) is 1. The number of phenols is 1. The Balaban J connectivity index is 0.000000146. The lowest BCUT2D eigenvalue weighted by Crippen LogP contribution is -1.97. The van der Waals surface area contributed by atoms with Crippen molar-refractivity contribution in [3.05, 3.63) is 64.7 Å².